The van der Waals surface area contributed by atoms with Crippen molar-refractivity contribution < 1.29 is 4.39 Å². The topological polar surface area (TPSA) is 35.8 Å². The van der Waals surface area contributed by atoms with Gasteiger partial charge in [0.2, 0.25) is 0 Å². The molecule has 0 radical (unpaired) electrons. The lowest BCUT2D eigenvalue weighted by Crippen LogP contribution is -1.92. The third kappa shape index (κ3) is 1.20. The molecule has 1 aliphatic heterocycles. The molecule has 1 N–H and O–H groups in total. The largest absolute Gasteiger partial charge is 0.384 e. The van der Waals surface area contributed by atoms with Gasteiger partial charge in [0.05, 0.1) is 10.0 Å². The van der Waals surface area contributed by atoms with E-state index in [9.17, 15) is 4.39 Å². The van der Waals surface area contributed by atoms with Crippen LogP contribution in [0.1, 0.15) is 11.1 Å². The van der Waals surface area contributed by atoms with Crippen LogP contribution in [0.5, 0.6) is 0 Å². The van der Waals surface area contributed by atoms with E-state index in [1.165, 1.54) is 0 Å². The minimum Gasteiger partial charge on any atom is -0.384 e. The van der Waals surface area contributed by atoms with E-state index in [0.717, 1.165) is 12.2 Å². The molecule has 0 atom stereocenters. The molecule has 0 fully saturated rings. The summed E-state index contributed by atoms with van der Waals surface area (Å²) in [6.07, 6.45) is 0.686. The van der Waals surface area contributed by atoms with E-state index in [4.69, 9.17) is 5.26 Å². The van der Waals surface area contributed by atoms with Crippen molar-refractivity contribution in [3.63, 3.8) is 0 Å². The van der Waals surface area contributed by atoms with Gasteiger partial charge in [0.1, 0.15) is 11.9 Å². The first-order chi connectivity index (χ1) is 6.24. The van der Waals surface area contributed by atoms with E-state index in [1.54, 1.807) is 6.07 Å². The number of nitrogens with zero attached hydrogens (tertiary/aromatic N) is 1. The molecule has 0 aromatic heterocycles. The average Bonchev–Trinajstić information content (AvgIpc) is 2.59. The molecule has 2 rings (SSSR count). The molecule has 0 saturated carbocycles. The third-order valence-electron chi connectivity index (χ3n) is 2.12. The summed E-state index contributed by atoms with van der Waals surface area (Å²) in [4.78, 5) is 0. The van der Waals surface area contributed by atoms with Crippen LogP contribution < -0.4 is 5.32 Å². The van der Waals surface area contributed by atoms with Crippen molar-refractivity contribution >= 4 is 21.6 Å². The van der Waals surface area contributed by atoms with Gasteiger partial charge in [0.15, 0.2) is 0 Å². The Labute approximate surface area is 83.5 Å². The summed E-state index contributed by atoms with van der Waals surface area (Å²) < 4.78 is 13.8. The molecule has 2 nitrogen and oxygen atoms in total. The summed E-state index contributed by atoms with van der Waals surface area (Å²) in [5.74, 6) is -0.306. The maximum Gasteiger partial charge on any atom is 0.144 e. The number of benzene rings is 1. The summed E-state index contributed by atoms with van der Waals surface area (Å²) in [5.41, 5.74) is 1.76. The number of hydrogen-bond donors (Lipinski definition) is 1. The van der Waals surface area contributed by atoms with Crippen molar-refractivity contribution in [1.82, 2.24) is 0 Å². The molecule has 0 unspecified atom stereocenters. The Morgan fingerprint density at radius 2 is 2.38 bits per heavy atom. The summed E-state index contributed by atoms with van der Waals surface area (Å²) >= 11 is 3.07. The molecule has 66 valence electrons. The third-order valence-corrected chi connectivity index (χ3v) is 2.89. The van der Waals surface area contributed by atoms with Crippen LogP contribution in [-0.2, 0) is 6.42 Å². The van der Waals surface area contributed by atoms with Crippen LogP contribution in [0.15, 0.2) is 10.5 Å². The van der Waals surface area contributed by atoms with Gasteiger partial charge in [-0.25, -0.2) is 4.39 Å². The second kappa shape index (κ2) is 3.00. The Balaban J connectivity index is 2.70. The lowest BCUT2D eigenvalue weighted by Gasteiger charge is -2.04. The molecule has 13 heavy (non-hydrogen) atoms. The summed E-state index contributed by atoms with van der Waals surface area (Å²) in [6.45, 7) is 0.744. The number of fused-ring (bicyclic) bond motifs is 1. The summed E-state index contributed by atoms with van der Waals surface area (Å²) in [7, 11) is 0. The van der Waals surface area contributed by atoms with Crippen molar-refractivity contribution in [3.05, 3.63) is 27.5 Å². The monoisotopic (exact) mass is 240 g/mol. The molecule has 0 spiro atoms. The Hall–Kier alpha value is -1.08. The van der Waals surface area contributed by atoms with Gasteiger partial charge in [-0.15, -0.1) is 0 Å². The molecule has 1 aromatic rings. The van der Waals surface area contributed by atoms with Crippen molar-refractivity contribution in [2.24, 2.45) is 0 Å². The molecule has 4 heteroatoms. The number of rotatable bonds is 0. The number of hydrogen-bond acceptors (Lipinski definition) is 2. The van der Waals surface area contributed by atoms with Gasteiger partial charge in [-0.05, 0) is 28.4 Å². The molecule has 0 saturated heterocycles. The van der Waals surface area contributed by atoms with Crippen LogP contribution in [-0.4, -0.2) is 6.54 Å². The zero-order chi connectivity index (χ0) is 9.42. The van der Waals surface area contributed by atoms with E-state index in [1.807, 2.05) is 6.07 Å². The van der Waals surface area contributed by atoms with Gasteiger partial charge in [0.25, 0.3) is 0 Å². The van der Waals surface area contributed by atoms with Gasteiger partial charge in [0, 0.05) is 17.8 Å². The van der Waals surface area contributed by atoms with Gasteiger partial charge in [-0.1, -0.05) is 0 Å². The van der Waals surface area contributed by atoms with Crippen LogP contribution in [0.4, 0.5) is 10.1 Å². The molecule has 0 bridgehead atoms. The highest BCUT2D eigenvalue weighted by atomic mass is 79.9. The fourth-order valence-electron chi connectivity index (χ4n) is 1.47. The molecule has 0 amide bonds. The average molecular weight is 241 g/mol. The second-order valence-electron chi connectivity index (χ2n) is 2.87. The summed E-state index contributed by atoms with van der Waals surface area (Å²) in [6, 6.07) is 3.62. The highest BCUT2D eigenvalue weighted by Gasteiger charge is 2.19. The Morgan fingerprint density at radius 1 is 1.62 bits per heavy atom. The fraction of sp³-hybridized carbons (Fsp3) is 0.222. The molecule has 1 aliphatic rings. The Morgan fingerprint density at radius 3 is 3.08 bits per heavy atom. The van der Waals surface area contributed by atoms with Gasteiger partial charge >= 0.3 is 0 Å². The van der Waals surface area contributed by atoms with Crippen molar-refractivity contribution in [2.75, 3.05) is 11.9 Å². The van der Waals surface area contributed by atoms with Gasteiger partial charge in [-0.3, -0.25) is 0 Å². The first-order valence-corrected chi connectivity index (χ1v) is 4.68. The van der Waals surface area contributed by atoms with E-state index < -0.39 is 0 Å². The quantitative estimate of drug-likeness (QED) is 0.757. The lowest BCUT2D eigenvalue weighted by atomic mass is 10.1. The number of anilines is 1. The molecular formula is C9H6BrFN2. The highest BCUT2D eigenvalue weighted by molar-refractivity contribution is 9.10. The Bertz CT molecular complexity index is 405. The van der Waals surface area contributed by atoms with Crippen LogP contribution in [0.3, 0.4) is 0 Å². The van der Waals surface area contributed by atoms with E-state index in [-0.39, 0.29) is 10.3 Å². The van der Waals surface area contributed by atoms with Crippen molar-refractivity contribution in [3.8, 4) is 6.07 Å². The van der Waals surface area contributed by atoms with Crippen molar-refractivity contribution in [1.29, 1.82) is 5.26 Å². The maximum atomic E-state index is 13.5. The zero-order valence-corrected chi connectivity index (χ0v) is 8.28. The first-order valence-electron chi connectivity index (χ1n) is 3.89. The smallest absolute Gasteiger partial charge is 0.144 e. The van der Waals surface area contributed by atoms with Gasteiger partial charge in [-0.2, -0.15) is 5.26 Å². The highest BCUT2D eigenvalue weighted by Crippen LogP contribution is 2.32. The van der Waals surface area contributed by atoms with Crippen LogP contribution in [0, 0.1) is 17.1 Å². The van der Waals surface area contributed by atoms with Crippen molar-refractivity contribution in [2.45, 2.75) is 6.42 Å². The Kier molecular flexibility index (Phi) is 1.97. The minimum atomic E-state index is -0.306. The molecule has 0 aliphatic carbocycles. The molecule has 1 aromatic carbocycles. The number of nitrogens with one attached hydrogen (secondary N) is 1. The lowest BCUT2D eigenvalue weighted by molar-refractivity contribution is 0.608. The van der Waals surface area contributed by atoms with Crippen LogP contribution >= 0.6 is 15.9 Å². The predicted molar refractivity (Wildman–Crippen MR) is 51.0 cm³/mol. The number of nitriles is 1. The van der Waals surface area contributed by atoms with Gasteiger partial charge < -0.3 is 5.32 Å². The second-order valence-corrected chi connectivity index (χ2v) is 3.66. The zero-order valence-electron chi connectivity index (χ0n) is 6.69. The maximum absolute atomic E-state index is 13.5. The predicted octanol–water partition coefficient (Wildman–Crippen LogP) is 2.43. The number of halogens is 2. The normalized spacial score (nSPS) is 13.3. The van der Waals surface area contributed by atoms with E-state index >= 15 is 0 Å². The molecular weight excluding hydrogens is 235 g/mol. The molecule has 1 heterocycles. The minimum absolute atomic E-state index is 0.275. The van der Waals surface area contributed by atoms with Crippen LogP contribution in [0.2, 0.25) is 0 Å². The standard InChI is InChI=1S/C9H6BrFN2/c10-8-5(4-12)3-7-6(9(8)11)1-2-13-7/h3,13H,1-2H2. The van der Waals surface area contributed by atoms with E-state index in [0.29, 0.717) is 17.5 Å². The first kappa shape index (κ1) is 8.52. The fourth-order valence-corrected chi connectivity index (χ4v) is 1.91. The summed E-state index contributed by atoms with van der Waals surface area (Å²) in [5, 5.41) is 11.7. The van der Waals surface area contributed by atoms with E-state index in [2.05, 4.69) is 21.2 Å². The SMILES string of the molecule is N#Cc1cc2c(c(F)c1Br)CCN2. The van der Waals surface area contributed by atoms with Crippen LogP contribution in [0.25, 0.3) is 0 Å².